The minimum Gasteiger partial charge on any atom is -0.364 e. The molecular formula is C32H36ClN7O2. The number of aromatic nitrogens is 4. The van der Waals surface area contributed by atoms with Crippen molar-refractivity contribution in [3.63, 3.8) is 0 Å². The van der Waals surface area contributed by atoms with E-state index >= 15 is 0 Å². The van der Waals surface area contributed by atoms with Crippen LogP contribution in [0.3, 0.4) is 0 Å². The smallest absolute Gasteiger partial charge is 0.354 e. The van der Waals surface area contributed by atoms with Crippen molar-refractivity contribution in [3.05, 3.63) is 87.1 Å². The number of carbonyl (C=O) groups is 1. The normalized spacial score (nSPS) is 17.2. The molecule has 1 saturated heterocycles. The topological polar surface area (TPSA) is 90.4 Å². The van der Waals surface area contributed by atoms with Crippen LogP contribution in [0.1, 0.15) is 49.1 Å². The molecule has 1 amide bonds. The Labute approximate surface area is 250 Å². The number of H-pyrrole nitrogens is 1. The van der Waals surface area contributed by atoms with E-state index in [1.807, 2.05) is 28.8 Å². The predicted octanol–water partition coefficient (Wildman–Crippen LogP) is 4.98. The van der Waals surface area contributed by atoms with Crippen LogP contribution in [0.4, 0.5) is 11.5 Å². The van der Waals surface area contributed by atoms with Gasteiger partial charge in [-0.15, -0.1) is 0 Å². The van der Waals surface area contributed by atoms with E-state index in [0.29, 0.717) is 37.8 Å². The molecule has 42 heavy (non-hydrogen) atoms. The molecule has 0 radical (unpaired) electrons. The number of para-hydroxylation sites is 1. The predicted molar refractivity (Wildman–Crippen MR) is 168 cm³/mol. The number of benzene rings is 2. The molecule has 2 aromatic carbocycles. The Hall–Kier alpha value is -4.11. The number of rotatable bonds is 5. The van der Waals surface area contributed by atoms with Crippen LogP contribution in [0.5, 0.6) is 0 Å². The maximum Gasteiger partial charge on any atom is 0.354 e. The largest absolute Gasteiger partial charge is 0.364 e. The molecule has 0 aliphatic carbocycles. The number of fused-ring (bicyclic) bond motifs is 2. The van der Waals surface area contributed by atoms with Crippen LogP contribution in [-0.2, 0) is 17.8 Å². The molecule has 0 bridgehead atoms. The summed E-state index contributed by atoms with van der Waals surface area (Å²) in [4.78, 5) is 37.5. The summed E-state index contributed by atoms with van der Waals surface area (Å²) in [5.74, 6) is 0.872. The SMILES string of the molecule is C=CC(=O)N1CCN(c2nc(=O)n(-c3ccccc3C(C)C)c3c2CCN(c2c(C)ccc4[nH]nc(Cl)c24)C3)[C@@H](C)C1. The fraction of sp³-hybridized carbons (Fsp3) is 0.375. The summed E-state index contributed by atoms with van der Waals surface area (Å²) in [6, 6.07) is 12.2. The number of anilines is 2. The molecule has 218 valence electrons. The highest BCUT2D eigenvalue weighted by molar-refractivity contribution is 6.35. The lowest BCUT2D eigenvalue weighted by Crippen LogP contribution is -2.54. The molecule has 1 N–H and O–H groups in total. The summed E-state index contributed by atoms with van der Waals surface area (Å²) in [5, 5.41) is 8.63. The Bertz CT molecular complexity index is 1760. The molecule has 9 nitrogen and oxygen atoms in total. The summed E-state index contributed by atoms with van der Waals surface area (Å²) in [7, 11) is 0. The number of aryl methyl sites for hydroxylation is 1. The summed E-state index contributed by atoms with van der Waals surface area (Å²) in [6.45, 7) is 15.0. The minimum atomic E-state index is -0.299. The van der Waals surface area contributed by atoms with Gasteiger partial charge in [0.25, 0.3) is 0 Å². The maximum atomic E-state index is 14.1. The summed E-state index contributed by atoms with van der Waals surface area (Å²) in [5.41, 5.74) is 6.65. The Kier molecular flexibility index (Phi) is 7.30. The van der Waals surface area contributed by atoms with E-state index < -0.39 is 0 Å². The standard InChI is InChI=1S/C32H36ClN7O2/c1-6-27(41)37-15-16-39(21(5)17-37)31-23-13-14-38(29-20(4)11-12-24-28(29)30(33)36-35-24)18-26(23)40(32(42)34-31)25-10-8-7-9-22(25)19(2)3/h6-12,19,21H,1,13-18H2,2-5H3,(H,35,36)/t21-/m0/s1. The van der Waals surface area contributed by atoms with Crippen molar-refractivity contribution in [2.24, 2.45) is 0 Å². The molecule has 0 saturated carbocycles. The van der Waals surface area contributed by atoms with E-state index in [1.54, 1.807) is 4.90 Å². The van der Waals surface area contributed by atoms with E-state index in [-0.39, 0.29) is 23.6 Å². The number of amides is 1. The highest BCUT2D eigenvalue weighted by atomic mass is 35.5. The molecule has 2 aliphatic heterocycles. The van der Waals surface area contributed by atoms with Crippen LogP contribution < -0.4 is 15.5 Å². The van der Waals surface area contributed by atoms with E-state index in [0.717, 1.165) is 57.0 Å². The molecule has 2 aliphatic rings. The van der Waals surface area contributed by atoms with Gasteiger partial charge in [-0.3, -0.25) is 14.5 Å². The van der Waals surface area contributed by atoms with Crippen molar-refractivity contribution in [2.75, 3.05) is 36.0 Å². The maximum absolute atomic E-state index is 14.1. The monoisotopic (exact) mass is 585 g/mol. The second-order valence-electron chi connectivity index (χ2n) is 11.6. The van der Waals surface area contributed by atoms with E-state index in [1.165, 1.54) is 6.08 Å². The number of piperazine rings is 1. The lowest BCUT2D eigenvalue weighted by atomic mass is 9.98. The van der Waals surface area contributed by atoms with E-state index in [4.69, 9.17) is 16.6 Å². The van der Waals surface area contributed by atoms with Crippen molar-refractivity contribution >= 4 is 39.9 Å². The fourth-order valence-electron chi connectivity index (χ4n) is 6.54. The Morgan fingerprint density at radius 1 is 1.17 bits per heavy atom. The lowest BCUT2D eigenvalue weighted by Gasteiger charge is -2.42. The molecular weight excluding hydrogens is 550 g/mol. The molecule has 2 aromatic heterocycles. The van der Waals surface area contributed by atoms with Gasteiger partial charge in [0.15, 0.2) is 5.15 Å². The first kappa shape index (κ1) is 28.0. The van der Waals surface area contributed by atoms with Gasteiger partial charge in [-0.1, -0.05) is 56.3 Å². The van der Waals surface area contributed by atoms with E-state index in [9.17, 15) is 9.59 Å². The first-order valence-electron chi connectivity index (χ1n) is 14.5. The first-order chi connectivity index (χ1) is 20.2. The number of hydrogen-bond donors (Lipinski definition) is 1. The Morgan fingerprint density at radius 3 is 2.69 bits per heavy atom. The third kappa shape index (κ3) is 4.65. The minimum absolute atomic E-state index is 0.00351. The zero-order valence-corrected chi connectivity index (χ0v) is 25.3. The number of aromatic amines is 1. The fourth-order valence-corrected chi connectivity index (χ4v) is 6.78. The average molecular weight is 586 g/mol. The number of nitrogens with one attached hydrogen (secondary N) is 1. The van der Waals surface area contributed by atoms with E-state index in [2.05, 4.69) is 66.4 Å². The third-order valence-corrected chi connectivity index (χ3v) is 8.89. The van der Waals surface area contributed by atoms with Gasteiger partial charge in [0.1, 0.15) is 5.82 Å². The Morgan fingerprint density at radius 2 is 1.95 bits per heavy atom. The molecule has 6 rings (SSSR count). The van der Waals surface area contributed by atoms with Crippen molar-refractivity contribution in [2.45, 2.75) is 52.6 Å². The van der Waals surface area contributed by atoms with Crippen LogP contribution in [0.15, 0.2) is 53.8 Å². The van der Waals surface area contributed by atoms with Crippen molar-refractivity contribution in [3.8, 4) is 5.69 Å². The van der Waals surface area contributed by atoms with Crippen LogP contribution in [-0.4, -0.2) is 62.8 Å². The number of hydrogen-bond acceptors (Lipinski definition) is 6. The van der Waals surface area contributed by atoms with Gasteiger partial charge in [-0.2, -0.15) is 10.1 Å². The zero-order valence-electron chi connectivity index (χ0n) is 24.5. The van der Waals surface area contributed by atoms with Gasteiger partial charge >= 0.3 is 5.69 Å². The molecule has 1 fully saturated rings. The second-order valence-corrected chi connectivity index (χ2v) is 11.9. The number of halogens is 1. The quantitative estimate of drug-likeness (QED) is 0.332. The average Bonchev–Trinajstić information content (AvgIpc) is 3.36. The van der Waals surface area contributed by atoms with Crippen LogP contribution in [0.2, 0.25) is 5.15 Å². The molecule has 4 aromatic rings. The van der Waals surface area contributed by atoms with Gasteiger partial charge in [0.2, 0.25) is 5.91 Å². The molecule has 0 spiro atoms. The van der Waals surface area contributed by atoms with Gasteiger partial charge in [0, 0.05) is 37.8 Å². The summed E-state index contributed by atoms with van der Waals surface area (Å²) >= 11 is 6.59. The molecule has 10 heteroatoms. The highest BCUT2D eigenvalue weighted by Crippen LogP contribution is 2.39. The molecule has 1 atom stereocenters. The number of carbonyl (C=O) groups excluding carboxylic acids is 1. The second kappa shape index (κ2) is 10.9. The summed E-state index contributed by atoms with van der Waals surface area (Å²) < 4.78 is 1.81. The summed E-state index contributed by atoms with van der Waals surface area (Å²) in [6.07, 6.45) is 2.06. The molecule has 0 unspecified atom stereocenters. The van der Waals surface area contributed by atoms with Crippen LogP contribution >= 0.6 is 11.6 Å². The molecule has 4 heterocycles. The first-order valence-corrected chi connectivity index (χ1v) is 14.9. The van der Waals surface area contributed by atoms with Crippen molar-refractivity contribution in [1.29, 1.82) is 0 Å². The van der Waals surface area contributed by atoms with Gasteiger partial charge in [-0.25, -0.2) is 4.79 Å². The Balaban J connectivity index is 1.52. The van der Waals surface area contributed by atoms with Gasteiger partial charge in [0.05, 0.1) is 34.5 Å². The lowest BCUT2D eigenvalue weighted by molar-refractivity contribution is -0.126. The van der Waals surface area contributed by atoms with Crippen LogP contribution in [0, 0.1) is 6.92 Å². The van der Waals surface area contributed by atoms with Crippen molar-refractivity contribution < 1.29 is 4.79 Å². The van der Waals surface area contributed by atoms with Crippen molar-refractivity contribution in [1.82, 2.24) is 24.6 Å². The van der Waals surface area contributed by atoms with Gasteiger partial charge in [-0.05, 0) is 55.5 Å². The zero-order chi connectivity index (χ0) is 29.7. The highest BCUT2D eigenvalue weighted by Gasteiger charge is 2.33. The van der Waals surface area contributed by atoms with Crippen LogP contribution in [0.25, 0.3) is 16.6 Å². The third-order valence-electron chi connectivity index (χ3n) is 8.62. The number of nitrogens with zero attached hydrogens (tertiary/aromatic N) is 6. The van der Waals surface area contributed by atoms with Gasteiger partial charge < -0.3 is 14.7 Å².